The van der Waals surface area contributed by atoms with Gasteiger partial charge in [0.1, 0.15) is 19.3 Å². The van der Waals surface area contributed by atoms with Crippen LogP contribution in [0, 0.1) is 0 Å². The molecule has 3 N–H and O–H groups in total. The highest BCUT2D eigenvalue weighted by atomic mass is 31.2. The fraction of sp³-hybridized carbons (Fsp3) is 0.728. The van der Waals surface area contributed by atoms with Crippen LogP contribution in [0.5, 0.6) is 0 Å². The Morgan fingerprint density at radius 1 is 0.290 bits per heavy atom. The van der Waals surface area contributed by atoms with E-state index in [1.807, 2.05) is 12.2 Å². The van der Waals surface area contributed by atoms with Gasteiger partial charge in [-0.15, -0.1) is 0 Å². The van der Waals surface area contributed by atoms with Crippen molar-refractivity contribution >= 4 is 39.5 Å². The quantitative estimate of drug-likeness (QED) is 0.0169. The summed E-state index contributed by atoms with van der Waals surface area (Å²) in [5, 5.41) is 10.6. The van der Waals surface area contributed by atoms with E-state index in [9.17, 15) is 43.2 Å². The Bertz CT molecular complexity index is 2320. The summed E-state index contributed by atoms with van der Waals surface area (Å²) in [6, 6.07) is 0. The number of aliphatic hydroxyl groups is 1. The predicted octanol–water partition coefficient (Wildman–Crippen LogP) is 22.6. The van der Waals surface area contributed by atoms with E-state index >= 15 is 0 Å². The zero-order chi connectivity index (χ0) is 73.2. The van der Waals surface area contributed by atoms with Gasteiger partial charge in [-0.1, -0.05) is 278 Å². The lowest BCUT2D eigenvalue weighted by Gasteiger charge is -2.21. The van der Waals surface area contributed by atoms with Gasteiger partial charge in [0, 0.05) is 25.7 Å². The first kappa shape index (κ1) is 95.7. The van der Waals surface area contributed by atoms with Crippen LogP contribution < -0.4 is 0 Å². The Morgan fingerprint density at radius 3 is 0.880 bits per heavy atom. The predicted molar refractivity (Wildman–Crippen MR) is 408 cm³/mol. The van der Waals surface area contributed by atoms with E-state index in [1.165, 1.54) is 83.5 Å². The van der Waals surface area contributed by atoms with Crippen LogP contribution in [0.3, 0.4) is 0 Å². The molecule has 0 amide bonds. The Labute approximate surface area is 607 Å². The number of rotatable bonds is 73. The van der Waals surface area contributed by atoms with Gasteiger partial charge in [-0.3, -0.25) is 37.3 Å². The van der Waals surface area contributed by atoms with Crippen LogP contribution in [-0.4, -0.2) is 96.7 Å². The topological polar surface area (TPSA) is 237 Å². The number of unbranched alkanes of at least 4 members (excludes halogenated alkanes) is 29. The van der Waals surface area contributed by atoms with Crippen molar-refractivity contribution in [1.29, 1.82) is 0 Å². The average molecular weight is 1450 g/mol. The van der Waals surface area contributed by atoms with E-state index in [1.54, 1.807) is 0 Å². The SMILES string of the molecule is CC/C=C\C/C=C\C/C=C\C/C=C\C/C=C\CCCC(=O)OC(COC(=O)CCCCCCCC/C=C\C/C=C\C/C=C\CCCCC)COP(=O)(O)OCC(O)COP(=O)(O)OCC(COC(=O)CCCCCCC/C=C\CCCCCC)OC(=O)CCCCCCCCCCCCC. The van der Waals surface area contributed by atoms with Crippen LogP contribution in [0.2, 0.25) is 0 Å². The van der Waals surface area contributed by atoms with Gasteiger partial charge in [-0.2, -0.15) is 0 Å². The summed E-state index contributed by atoms with van der Waals surface area (Å²) in [6.45, 7) is 4.64. The first-order valence-electron chi connectivity index (χ1n) is 39.1. The fourth-order valence-electron chi connectivity index (χ4n) is 10.3. The fourth-order valence-corrected chi connectivity index (χ4v) is 11.8. The van der Waals surface area contributed by atoms with Crippen LogP contribution in [-0.2, 0) is 65.4 Å². The Morgan fingerprint density at radius 2 is 0.530 bits per heavy atom. The van der Waals surface area contributed by atoms with Crippen LogP contribution in [0.25, 0.3) is 0 Å². The van der Waals surface area contributed by atoms with Gasteiger partial charge in [0.25, 0.3) is 0 Å². The third kappa shape index (κ3) is 72.1. The molecular weight excluding hydrogens is 1310 g/mol. The number of phosphoric acid groups is 2. The molecule has 0 bridgehead atoms. The molecule has 0 aliphatic rings. The van der Waals surface area contributed by atoms with Gasteiger partial charge in [0.15, 0.2) is 12.2 Å². The second-order valence-corrected chi connectivity index (χ2v) is 28.8. The molecule has 19 heteroatoms. The Hall–Kier alpha value is -4.28. The normalized spacial score (nSPS) is 14.5. The van der Waals surface area contributed by atoms with Gasteiger partial charge in [-0.05, 0) is 128 Å². The maximum Gasteiger partial charge on any atom is 0.472 e. The second kappa shape index (κ2) is 73.0. The molecule has 0 aliphatic heterocycles. The number of carbonyl (C=O) groups excluding carboxylic acids is 4. The van der Waals surface area contributed by atoms with E-state index in [0.717, 1.165) is 154 Å². The second-order valence-electron chi connectivity index (χ2n) is 25.9. The zero-order valence-corrected chi connectivity index (χ0v) is 64.6. The highest BCUT2D eigenvalue weighted by Gasteiger charge is 2.30. The number of esters is 4. The number of phosphoric ester groups is 2. The highest BCUT2D eigenvalue weighted by molar-refractivity contribution is 7.47. The number of hydrogen-bond acceptors (Lipinski definition) is 15. The number of ether oxygens (including phenoxy) is 4. The first-order chi connectivity index (χ1) is 48.7. The molecule has 0 radical (unpaired) electrons. The van der Waals surface area contributed by atoms with Gasteiger partial charge in [0.05, 0.1) is 26.4 Å². The molecule has 5 unspecified atom stereocenters. The lowest BCUT2D eigenvalue weighted by atomic mass is 10.1. The minimum atomic E-state index is -4.99. The number of hydrogen-bond donors (Lipinski definition) is 3. The Kier molecular flexibility index (Phi) is 69.9. The monoisotopic (exact) mass is 1450 g/mol. The van der Waals surface area contributed by atoms with Gasteiger partial charge in [-0.25, -0.2) is 9.13 Å². The van der Waals surface area contributed by atoms with Crippen molar-refractivity contribution in [3.05, 3.63) is 109 Å². The van der Waals surface area contributed by atoms with Crippen molar-refractivity contribution in [2.75, 3.05) is 39.6 Å². The lowest BCUT2D eigenvalue weighted by Crippen LogP contribution is -2.30. The average Bonchev–Trinajstić information content (AvgIpc) is 1.05. The lowest BCUT2D eigenvalue weighted by molar-refractivity contribution is -0.161. The summed E-state index contributed by atoms with van der Waals surface area (Å²) in [5.41, 5.74) is 0. The van der Waals surface area contributed by atoms with E-state index in [-0.39, 0.29) is 25.7 Å². The molecule has 576 valence electrons. The number of carbonyl (C=O) groups is 4. The molecule has 0 aromatic heterocycles. The van der Waals surface area contributed by atoms with Gasteiger partial charge < -0.3 is 33.8 Å². The summed E-state index contributed by atoms with van der Waals surface area (Å²) in [6.07, 6.45) is 78.0. The third-order valence-corrected chi connectivity index (χ3v) is 18.1. The summed E-state index contributed by atoms with van der Waals surface area (Å²) < 4.78 is 68.4. The van der Waals surface area contributed by atoms with E-state index in [0.29, 0.717) is 32.1 Å². The van der Waals surface area contributed by atoms with Gasteiger partial charge >= 0.3 is 39.5 Å². The van der Waals surface area contributed by atoms with Crippen LogP contribution in [0.15, 0.2) is 109 Å². The molecule has 0 aliphatic carbocycles. The molecule has 0 heterocycles. The van der Waals surface area contributed by atoms with Crippen molar-refractivity contribution in [1.82, 2.24) is 0 Å². The van der Waals surface area contributed by atoms with Crippen LogP contribution >= 0.6 is 15.6 Å². The smallest absolute Gasteiger partial charge is 0.462 e. The third-order valence-electron chi connectivity index (χ3n) is 16.2. The van der Waals surface area contributed by atoms with E-state index < -0.39 is 97.5 Å². The first-order valence-corrected chi connectivity index (χ1v) is 42.1. The Balaban J connectivity index is 5.39. The van der Waals surface area contributed by atoms with Crippen molar-refractivity contribution in [2.24, 2.45) is 0 Å². The van der Waals surface area contributed by atoms with Crippen LogP contribution in [0.1, 0.15) is 323 Å². The molecule has 17 nitrogen and oxygen atoms in total. The molecule has 5 atom stereocenters. The van der Waals surface area contributed by atoms with Crippen molar-refractivity contribution in [3.8, 4) is 0 Å². The molecule has 0 saturated carbocycles. The van der Waals surface area contributed by atoms with E-state index in [2.05, 4.69) is 125 Å². The maximum atomic E-state index is 13.1. The van der Waals surface area contributed by atoms with E-state index in [4.69, 9.17) is 37.0 Å². The molecule has 0 fully saturated rings. The molecule has 0 spiro atoms. The zero-order valence-electron chi connectivity index (χ0n) is 62.8. The summed E-state index contributed by atoms with van der Waals surface area (Å²) in [4.78, 5) is 72.8. The minimum Gasteiger partial charge on any atom is -0.462 e. The van der Waals surface area contributed by atoms with Gasteiger partial charge in [0.2, 0.25) is 0 Å². The molecule has 100 heavy (non-hydrogen) atoms. The molecule has 0 saturated heterocycles. The molecule has 0 aromatic rings. The van der Waals surface area contributed by atoms with Crippen LogP contribution in [0.4, 0.5) is 0 Å². The largest absolute Gasteiger partial charge is 0.472 e. The molecule has 0 rings (SSSR count). The highest BCUT2D eigenvalue weighted by Crippen LogP contribution is 2.45. The molecule has 0 aromatic carbocycles. The summed E-state index contributed by atoms with van der Waals surface area (Å²) in [5.74, 6) is -2.26. The van der Waals surface area contributed by atoms with Crippen molar-refractivity contribution in [2.45, 2.75) is 341 Å². The number of allylic oxidation sites excluding steroid dienone is 18. The van der Waals surface area contributed by atoms with Crippen molar-refractivity contribution in [3.63, 3.8) is 0 Å². The summed E-state index contributed by atoms with van der Waals surface area (Å²) in [7, 11) is -9.97. The minimum absolute atomic E-state index is 0.0125. The number of aliphatic hydroxyl groups excluding tert-OH is 1. The molecular formula is C81H140O17P2. The summed E-state index contributed by atoms with van der Waals surface area (Å²) >= 11 is 0. The van der Waals surface area contributed by atoms with Crippen molar-refractivity contribution < 1.29 is 80.2 Å². The standard InChI is InChI=1S/C81H140O17P2/c1-5-9-13-17-21-25-29-32-34-36-37-39-40-43-47-50-54-58-62-66-79(84)92-72-77(98-81(86)68-64-60-56-52-48-44-41-38-35-33-30-26-22-18-14-10-6-2)74-96-100(89,90)94-70-75(82)69-93-99(87,88)95-73-76(97-80(85)67-63-59-55-51-45-28-24-20-16-12-8-4)71-91-78(83)65-61-57-53-49-46-42-31-27-23-19-15-11-7-3/h10,14,21-22,25-27,31-35,37,39,41,44,52,56,75-77,82H,5-9,11-13,15-20,23-24,28-30,36,38,40,42-43,45-51,53-55,57-74H2,1-4H3,(H,87,88)(H,89,90)/b14-10-,25-21-,26-22-,31-27-,34-32-,35-33-,39-37-,44-41-,56-52-. The maximum absolute atomic E-state index is 13.1.